The highest BCUT2D eigenvalue weighted by Gasteiger charge is 2.12. The van der Waals surface area contributed by atoms with Gasteiger partial charge in [-0.3, -0.25) is 0 Å². The maximum absolute atomic E-state index is 10.4. The Hall–Kier alpha value is -2.03. The molecule has 0 radical (unpaired) electrons. The van der Waals surface area contributed by atoms with Crippen molar-refractivity contribution in [2.24, 2.45) is 0 Å². The van der Waals surface area contributed by atoms with E-state index in [0.29, 0.717) is 6.54 Å². The summed E-state index contributed by atoms with van der Waals surface area (Å²) in [6.07, 6.45) is 2.76. The molecule has 84 valence electrons. The maximum atomic E-state index is 10.4. The molecule has 0 aliphatic carbocycles. The fourth-order valence-corrected chi connectivity index (χ4v) is 1.73. The zero-order chi connectivity index (χ0) is 11.5. The van der Waals surface area contributed by atoms with E-state index in [9.17, 15) is 10.1 Å². The van der Waals surface area contributed by atoms with Gasteiger partial charge in [-0.05, 0) is 9.91 Å². The van der Waals surface area contributed by atoms with Crippen molar-refractivity contribution >= 4 is 22.4 Å². The highest BCUT2D eigenvalue weighted by Crippen LogP contribution is 2.18. The average Bonchev–Trinajstić information content (AvgIpc) is 2.87. The molecule has 0 saturated heterocycles. The molecule has 0 bridgehead atoms. The second-order valence-corrected chi connectivity index (χ2v) is 3.71. The summed E-state index contributed by atoms with van der Waals surface area (Å²) in [5, 5.41) is 18.2. The van der Waals surface area contributed by atoms with Gasteiger partial charge < -0.3 is 20.0 Å². The molecule has 0 unspecified atom stereocenters. The Kier molecular flexibility index (Phi) is 2.77. The van der Waals surface area contributed by atoms with Crippen molar-refractivity contribution < 1.29 is 4.92 Å². The van der Waals surface area contributed by atoms with Crippen molar-refractivity contribution in [2.75, 3.05) is 12.4 Å². The van der Waals surface area contributed by atoms with Crippen molar-refractivity contribution in [3.8, 4) is 0 Å². The summed E-state index contributed by atoms with van der Waals surface area (Å²) < 4.78 is 5.39. The first-order valence-corrected chi connectivity index (χ1v) is 5.13. The van der Waals surface area contributed by atoms with E-state index in [2.05, 4.69) is 19.9 Å². The fraction of sp³-hybridized carbons (Fsp3) is 0.286. The normalized spacial score (nSPS) is 10.3. The first-order chi connectivity index (χ1) is 7.70. The molecular weight excluding hydrogens is 232 g/mol. The largest absolute Gasteiger partial charge is 0.381 e. The Balaban J connectivity index is 2.17. The molecule has 0 atom stereocenters. The summed E-state index contributed by atoms with van der Waals surface area (Å²) in [5.74, 6) is -0.172. The van der Waals surface area contributed by atoms with Gasteiger partial charge in [0, 0.05) is 18.6 Å². The Morgan fingerprint density at radius 2 is 2.50 bits per heavy atom. The topological polar surface area (TPSA) is 98.8 Å². The number of rotatable bonds is 4. The Bertz CT molecular complexity index is 506. The van der Waals surface area contributed by atoms with Crippen LogP contribution in [0, 0.1) is 10.1 Å². The van der Waals surface area contributed by atoms with Crippen LogP contribution >= 0.6 is 11.5 Å². The predicted molar refractivity (Wildman–Crippen MR) is 57.4 cm³/mol. The smallest absolute Gasteiger partial charge is 0.377 e. The molecule has 2 aromatic rings. The summed E-state index contributed by atoms with van der Waals surface area (Å²) >= 11 is 1.24. The number of imidazole rings is 1. The van der Waals surface area contributed by atoms with E-state index in [4.69, 9.17) is 0 Å². The number of nitrogens with one attached hydrogen (secondary N) is 1. The third-order valence-corrected chi connectivity index (χ3v) is 2.71. The molecule has 8 nitrogen and oxygen atoms in total. The lowest BCUT2D eigenvalue weighted by atomic mass is 10.4. The highest BCUT2D eigenvalue weighted by atomic mass is 32.1. The molecule has 1 N–H and O–H groups in total. The third-order valence-electron chi connectivity index (χ3n) is 1.92. The monoisotopic (exact) mass is 240 g/mol. The molecular formula is C7H8N6O2S. The molecule has 2 heterocycles. The first kappa shape index (κ1) is 10.5. The Labute approximate surface area is 94.2 Å². The lowest BCUT2D eigenvalue weighted by molar-refractivity contribution is -0.389. The lowest BCUT2D eigenvalue weighted by Gasteiger charge is -1.98. The van der Waals surface area contributed by atoms with E-state index in [0.717, 1.165) is 10.7 Å². The molecule has 0 fully saturated rings. The van der Waals surface area contributed by atoms with Crippen LogP contribution in [0.1, 0.15) is 5.69 Å². The summed E-state index contributed by atoms with van der Waals surface area (Å²) in [7, 11) is 1.77. The maximum Gasteiger partial charge on any atom is 0.381 e. The predicted octanol–water partition coefficient (Wildman–Crippen LogP) is 0.733. The summed E-state index contributed by atoms with van der Waals surface area (Å²) in [4.78, 5) is 13.5. The molecule has 2 rings (SSSR count). The number of anilines is 1. The highest BCUT2D eigenvalue weighted by molar-refractivity contribution is 7.10. The summed E-state index contributed by atoms with van der Waals surface area (Å²) in [6.45, 7) is 0.410. The van der Waals surface area contributed by atoms with Crippen LogP contribution in [0.2, 0.25) is 0 Å². The SMILES string of the molecule is CNc1snnc1Cn1cnc([N+](=O)[O-])c1. The molecule has 0 aliphatic heterocycles. The van der Waals surface area contributed by atoms with E-state index in [1.54, 1.807) is 11.6 Å². The second-order valence-electron chi connectivity index (χ2n) is 2.96. The van der Waals surface area contributed by atoms with E-state index >= 15 is 0 Å². The van der Waals surface area contributed by atoms with E-state index in [1.165, 1.54) is 24.1 Å². The van der Waals surface area contributed by atoms with Gasteiger partial charge in [0.05, 0.1) is 6.54 Å². The number of nitrogens with zero attached hydrogens (tertiary/aromatic N) is 5. The second kappa shape index (κ2) is 4.23. The van der Waals surface area contributed by atoms with Gasteiger partial charge in [0.25, 0.3) is 0 Å². The summed E-state index contributed by atoms with van der Waals surface area (Å²) in [6, 6.07) is 0. The van der Waals surface area contributed by atoms with Crippen LogP contribution < -0.4 is 5.32 Å². The Morgan fingerprint density at radius 1 is 1.69 bits per heavy atom. The zero-order valence-electron chi connectivity index (χ0n) is 8.32. The zero-order valence-corrected chi connectivity index (χ0v) is 9.14. The third kappa shape index (κ3) is 1.98. The van der Waals surface area contributed by atoms with Gasteiger partial charge in [0.15, 0.2) is 0 Å². The van der Waals surface area contributed by atoms with Crippen LogP contribution in [0.5, 0.6) is 0 Å². The van der Waals surface area contributed by atoms with Gasteiger partial charge in [-0.1, -0.05) is 4.49 Å². The fourth-order valence-electron chi connectivity index (χ4n) is 1.20. The minimum Gasteiger partial charge on any atom is -0.377 e. The minimum absolute atomic E-state index is 0.172. The van der Waals surface area contributed by atoms with Crippen molar-refractivity contribution in [1.82, 2.24) is 19.1 Å². The minimum atomic E-state index is -0.533. The van der Waals surface area contributed by atoms with Crippen LogP contribution in [-0.4, -0.2) is 31.1 Å². The van der Waals surface area contributed by atoms with Gasteiger partial charge in [-0.2, -0.15) is 0 Å². The van der Waals surface area contributed by atoms with Gasteiger partial charge in [0.1, 0.15) is 16.9 Å². The molecule has 9 heteroatoms. The average molecular weight is 240 g/mol. The van der Waals surface area contributed by atoms with Crippen LogP contribution in [0.3, 0.4) is 0 Å². The van der Waals surface area contributed by atoms with Crippen molar-refractivity contribution in [3.05, 3.63) is 28.3 Å². The van der Waals surface area contributed by atoms with Crippen molar-refractivity contribution in [1.29, 1.82) is 0 Å². The van der Waals surface area contributed by atoms with Crippen LogP contribution in [0.15, 0.2) is 12.5 Å². The van der Waals surface area contributed by atoms with E-state index in [-0.39, 0.29) is 5.82 Å². The van der Waals surface area contributed by atoms with Gasteiger partial charge >= 0.3 is 5.82 Å². The van der Waals surface area contributed by atoms with Crippen LogP contribution in [0.25, 0.3) is 0 Å². The molecule has 2 aromatic heterocycles. The van der Waals surface area contributed by atoms with E-state index in [1.807, 2.05) is 0 Å². The van der Waals surface area contributed by atoms with Crippen LogP contribution in [0.4, 0.5) is 10.8 Å². The molecule has 0 spiro atoms. The van der Waals surface area contributed by atoms with Crippen molar-refractivity contribution in [3.63, 3.8) is 0 Å². The van der Waals surface area contributed by atoms with Gasteiger partial charge in [0.2, 0.25) is 6.33 Å². The molecule has 0 amide bonds. The number of hydrogen-bond acceptors (Lipinski definition) is 7. The number of nitro groups is 1. The quantitative estimate of drug-likeness (QED) is 0.624. The van der Waals surface area contributed by atoms with Crippen LogP contribution in [-0.2, 0) is 6.54 Å². The molecule has 0 aliphatic rings. The number of hydrogen-bond donors (Lipinski definition) is 1. The Morgan fingerprint density at radius 3 is 3.12 bits per heavy atom. The molecule has 16 heavy (non-hydrogen) atoms. The molecule has 0 aromatic carbocycles. The molecule has 0 saturated carbocycles. The number of aromatic nitrogens is 4. The van der Waals surface area contributed by atoms with E-state index < -0.39 is 4.92 Å². The lowest BCUT2D eigenvalue weighted by Crippen LogP contribution is -2.00. The standard InChI is InChI=1S/C7H8N6O2S/c1-8-7-5(10-11-16-7)2-12-3-6(9-4-12)13(14)15/h3-4,8H,2H2,1H3. The summed E-state index contributed by atoms with van der Waals surface area (Å²) in [5.41, 5.74) is 0.736. The van der Waals surface area contributed by atoms with Crippen molar-refractivity contribution in [2.45, 2.75) is 6.54 Å². The first-order valence-electron chi connectivity index (χ1n) is 4.36. The van der Waals surface area contributed by atoms with Gasteiger partial charge in [-0.15, -0.1) is 5.10 Å². The van der Waals surface area contributed by atoms with Gasteiger partial charge in [-0.25, -0.2) is 0 Å².